The highest BCUT2D eigenvalue weighted by Gasteiger charge is 1.92. The highest BCUT2D eigenvalue weighted by Crippen LogP contribution is 2.04. The minimum atomic E-state index is -0.00611. The molecular weight excluding hydrogens is 130 g/mol. The summed E-state index contributed by atoms with van der Waals surface area (Å²) in [5, 5.41) is 8.46. The number of hydrogen-bond acceptors (Lipinski definition) is 3. The van der Waals surface area contributed by atoms with E-state index in [0.717, 1.165) is 5.76 Å². The molecule has 0 aromatic carbocycles. The molecule has 1 heterocycles. The van der Waals surface area contributed by atoms with E-state index in [1.54, 1.807) is 6.07 Å². The van der Waals surface area contributed by atoms with Crippen LogP contribution in [0.15, 0.2) is 16.5 Å². The highest BCUT2D eigenvalue weighted by molar-refractivity contribution is 5.03. The Labute approximate surface area is 60.5 Å². The number of aryl methyl sites for hydroxylation is 1. The van der Waals surface area contributed by atoms with Crippen LogP contribution < -0.4 is 5.73 Å². The summed E-state index contributed by atoms with van der Waals surface area (Å²) in [6.45, 7) is 1.84. The van der Waals surface area contributed by atoms with Crippen LogP contribution >= 0.6 is 0 Å². The number of hydrogen-bond donors (Lipinski definition) is 2. The van der Waals surface area contributed by atoms with E-state index in [1.807, 2.05) is 13.0 Å². The average molecular weight is 143 g/mol. The largest absolute Gasteiger partial charge is 0.464 e. The maximum absolute atomic E-state index is 8.46. The number of nitrogens with two attached hydrogens (primary N) is 1. The lowest BCUT2D eigenvalue weighted by atomic mass is 10.4. The maximum atomic E-state index is 8.46. The minimum Gasteiger partial charge on any atom is -0.464 e. The molecule has 1 rings (SSSR count). The maximum Gasteiger partial charge on any atom is 0.129 e. The first-order chi connectivity index (χ1) is 4.83. The van der Waals surface area contributed by atoms with Gasteiger partial charge in [-0.1, -0.05) is 0 Å². The topological polar surface area (TPSA) is 59.4 Å². The molecule has 1 aromatic heterocycles. The van der Waals surface area contributed by atoms with Gasteiger partial charge in [-0.25, -0.2) is 0 Å². The molecule has 1 aromatic rings. The zero-order chi connectivity index (χ0) is 7.98. The normalized spacial score (nSPS) is 8.40. The zero-order valence-electron chi connectivity index (χ0n) is 6.29. The van der Waals surface area contributed by atoms with Gasteiger partial charge >= 0.3 is 0 Å². The Bertz CT molecular complexity index is 172. The van der Waals surface area contributed by atoms with Crippen molar-refractivity contribution in [3.63, 3.8) is 0 Å². The van der Waals surface area contributed by atoms with E-state index in [0.29, 0.717) is 5.76 Å². The van der Waals surface area contributed by atoms with Crippen molar-refractivity contribution in [3.8, 4) is 0 Å². The fraction of sp³-hybridized carbons (Fsp3) is 0.429. The fourth-order valence-electron chi connectivity index (χ4n) is 0.570. The summed E-state index contributed by atoms with van der Waals surface area (Å²) in [4.78, 5) is 0. The van der Waals surface area contributed by atoms with E-state index in [2.05, 4.69) is 5.73 Å². The molecule has 0 saturated heterocycles. The van der Waals surface area contributed by atoms with Crippen molar-refractivity contribution in [3.05, 3.63) is 23.7 Å². The SMILES string of the molecule is CN.Cc1ccc(CO)o1. The van der Waals surface area contributed by atoms with E-state index >= 15 is 0 Å². The van der Waals surface area contributed by atoms with E-state index in [9.17, 15) is 0 Å². The van der Waals surface area contributed by atoms with Crippen molar-refractivity contribution in [1.29, 1.82) is 0 Å². The van der Waals surface area contributed by atoms with Gasteiger partial charge in [-0.15, -0.1) is 0 Å². The molecule has 10 heavy (non-hydrogen) atoms. The summed E-state index contributed by atoms with van der Waals surface area (Å²) in [5.74, 6) is 1.47. The summed E-state index contributed by atoms with van der Waals surface area (Å²) in [6.07, 6.45) is 0. The minimum absolute atomic E-state index is 0.00611. The molecule has 58 valence electrons. The van der Waals surface area contributed by atoms with Gasteiger partial charge in [0.05, 0.1) is 0 Å². The van der Waals surface area contributed by atoms with Crippen LogP contribution in [0.3, 0.4) is 0 Å². The van der Waals surface area contributed by atoms with Crippen molar-refractivity contribution < 1.29 is 9.52 Å². The van der Waals surface area contributed by atoms with E-state index in [4.69, 9.17) is 9.52 Å². The molecule has 0 saturated carbocycles. The van der Waals surface area contributed by atoms with Gasteiger partial charge in [-0.05, 0) is 26.1 Å². The molecule has 0 bridgehead atoms. The Morgan fingerprint density at radius 3 is 2.30 bits per heavy atom. The molecule has 3 heteroatoms. The Balaban J connectivity index is 0.000000371. The predicted molar refractivity (Wildman–Crippen MR) is 39.5 cm³/mol. The Morgan fingerprint density at radius 1 is 1.50 bits per heavy atom. The van der Waals surface area contributed by atoms with Gasteiger partial charge in [0.25, 0.3) is 0 Å². The van der Waals surface area contributed by atoms with E-state index < -0.39 is 0 Å². The lowest BCUT2D eigenvalue weighted by molar-refractivity contribution is 0.245. The molecular formula is C7H13NO2. The van der Waals surface area contributed by atoms with Gasteiger partial charge in [-0.2, -0.15) is 0 Å². The van der Waals surface area contributed by atoms with Crippen LogP contribution in [0, 0.1) is 6.92 Å². The Kier molecular flexibility index (Phi) is 4.62. The third-order valence-corrected chi connectivity index (χ3v) is 0.952. The summed E-state index contributed by atoms with van der Waals surface area (Å²) < 4.78 is 4.98. The van der Waals surface area contributed by atoms with Gasteiger partial charge in [-0.3, -0.25) is 0 Å². The van der Waals surface area contributed by atoms with Crippen LogP contribution in [0.1, 0.15) is 11.5 Å². The summed E-state index contributed by atoms with van der Waals surface area (Å²) in [6, 6.07) is 3.58. The molecule has 3 nitrogen and oxygen atoms in total. The van der Waals surface area contributed by atoms with Crippen molar-refractivity contribution in [2.75, 3.05) is 7.05 Å². The second-order valence-corrected chi connectivity index (χ2v) is 1.67. The van der Waals surface area contributed by atoms with Crippen LogP contribution in [-0.2, 0) is 6.61 Å². The van der Waals surface area contributed by atoms with Crippen molar-refractivity contribution in [2.24, 2.45) is 5.73 Å². The van der Waals surface area contributed by atoms with Crippen LogP contribution in [0.25, 0.3) is 0 Å². The third kappa shape index (κ3) is 2.66. The van der Waals surface area contributed by atoms with E-state index in [-0.39, 0.29) is 6.61 Å². The second kappa shape index (κ2) is 5.02. The number of aliphatic hydroxyl groups excluding tert-OH is 1. The number of aliphatic hydroxyl groups is 1. The summed E-state index contributed by atoms with van der Waals surface area (Å²) >= 11 is 0. The van der Waals surface area contributed by atoms with Crippen molar-refractivity contribution in [2.45, 2.75) is 13.5 Å². The molecule has 0 aliphatic rings. The van der Waals surface area contributed by atoms with Crippen LogP contribution in [0.4, 0.5) is 0 Å². The molecule has 3 N–H and O–H groups in total. The highest BCUT2D eigenvalue weighted by atomic mass is 16.4. The lowest BCUT2D eigenvalue weighted by Crippen LogP contribution is -1.73. The average Bonchev–Trinajstić information content (AvgIpc) is 2.40. The predicted octanol–water partition coefficient (Wildman–Crippen LogP) is 0.655. The van der Waals surface area contributed by atoms with Crippen LogP contribution in [0.2, 0.25) is 0 Å². The Morgan fingerprint density at radius 2 is 2.10 bits per heavy atom. The van der Waals surface area contributed by atoms with Gasteiger partial charge in [0, 0.05) is 0 Å². The fourth-order valence-corrected chi connectivity index (χ4v) is 0.570. The van der Waals surface area contributed by atoms with Gasteiger partial charge in [0.2, 0.25) is 0 Å². The zero-order valence-corrected chi connectivity index (χ0v) is 6.29. The van der Waals surface area contributed by atoms with Crippen LogP contribution in [0.5, 0.6) is 0 Å². The molecule has 0 atom stereocenters. The smallest absolute Gasteiger partial charge is 0.129 e. The molecule has 0 aliphatic heterocycles. The quantitative estimate of drug-likeness (QED) is 0.607. The first-order valence-corrected chi connectivity index (χ1v) is 3.07. The van der Waals surface area contributed by atoms with Crippen LogP contribution in [-0.4, -0.2) is 12.2 Å². The number of furan rings is 1. The van der Waals surface area contributed by atoms with Crippen molar-refractivity contribution in [1.82, 2.24) is 0 Å². The van der Waals surface area contributed by atoms with E-state index in [1.165, 1.54) is 7.05 Å². The standard InChI is InChI=1S/C6H8O2.CH5N/c1-5-2-3-6(4-7)8-5;1-2/h2-3,7H,4H2,1H3;2H2,1H3. The molecule has 0 amide bonds. The molecule has 0 fully saturated rings. The monoisotopic (exact) mass is 143 g/mol. The first-order valence-electron chi connectivity index (χ1n) is 3.07. The van der Waals surface area contributed by atoms with Crippen molar-refractivity contribution >= 4 is 0 Å². The number of rotatable bonds is 1. The van der Waals surface area contributed by atoms with Gasteiger partial charge < -0.3 is 15.3 Å². The summed E-state index contributed by atoms with van der Waals surface area (Å²) in [5.41, 5.74) is 4.50. The first kappa shape index (κ1) is 9.20. The summed E-state index contributed by atoms with van der Waals surface area (Å²) in [7, 11) is 1.50. The third-order valence-electron chi connectivity index (χ3n) is 0.952. The van der Waals surface area contributed by atoms with Gasteiger partial charge in [0.1, 0.15) is 18.1 Å². The second-order valence-electron chi connectivity index (χ2n) is 1.67. The molecule has 0 spiro atoms. The Hall–Kier alpha value is -0.800. The molecule has 0 unspecified atom stereocenters. The van der Waals surface area contributed by atoms with Gasteiger partial charge in [0.15, 0.2) is 0 Å². The molecule has 0 radical (unpaired) electrons. The molecule has 0 aliphatic carbocycles. The lowest BCUT2D eigenvalue weighted by Gasteiger charge is -1.82.